The smallest absolute Gasteiger partial charge is 0.338 e. The first kappa shape index (κ1) is 21.6. The number of carbonyl (C=O) groups excluding carboxylic acids is 3. The zero-order chi connectivity index (χ0) is 21.6. The van der Waals surface area contributed by atoms with Crippen LogP contribution in [0.15, 0.2) is 48.5 Å². The van der Waals surface area contributed by atoms with Gasteiger partial charge in [0.15, 0.2) is 6.10 Å². The lowest BCUT2D eigenvalue weighted by molar-refractivity contribution is -0.317. The predicted molar refractivity (Wildman–Crippen MR) is 98.0 cm³/mol. The van der Waals surface area contributed by atoms with Crippen LogP contribution in [-0.4, -0.2) is 41.7 Å². The van der Waals surface area contributed by atoms with Gasteiger partial charge in [0.25, 0.3) is 0 Å². The summed E-state index contributed by atoms with van der Waals surface area (Å²) in [6, 6.07) is 12.4. The van der Waals surface area contributed by atoms with Crippen LogP contribution in [0.4, 0.5) is 0 Å². The summed E-state index contributed by atoms with van der Waals surface area (Å²) < 4.78 is 9.77. The standard InChI is InChI=1S/C21H20O8/c1-12-3-7-14(8-4-12)20(26)28-11-16(18(22)23)17(19(24)25)29-21(27)15-9-5-13(2)6-10-15/h3-10,16-17H,11H2,1-2H3,(H,22,23)(H,24,25)/p-1/t16-,17-/m0/s1. The number of benzene rings is 2. The Morgan fingerprint density at radius 2 is 1.31 bits per heavy atom. The predicted octanol–water partition coefficient (Wildman–Crippen LogP) is 1.14. The van der Waals surface area contributed by atoms with E-state index in [4.69, 9.17) is 9.47 Å². The molecule has 2 atom stereocenters. The maximum absolute atomic E-state index is 12.2. The van der Waals surface area contributed by atoms with Gasteiger partial charge in [0.2, 0.25) is 0 Å². The third-order valence-electron chi connectivity index (χ3n) is 4.12. The van der Waals surface area contributed by atoms with E-state index in [1.54, 1.807) is 31.2 Å². The van der Waals surface area contributed by atoms with E-state index in [1.807, 2.05) is 6.92 Å². The highest BCUT2D eigenvalue weighted by Crippen LogP contribution is 2.15. The number of hydrogen-bond donors (Lipinski definition) is 1. The van der Waals surface area contributed by atoms with Gasteiger partial charge < -0.3 is 24.5 Å². The van der Waals surface area contributed by atoms with Crippen LogP contribution in [0.1, 0.15) is 31.8 Å². The third-order valence-corrected chi connectivity index (χ3v) is 4.12. The first-order valence-electron chi connectivity index (χ1n) is 8.64. The van der Waals surface area contributed by atoms with Crippen molar-refractivity contribution in [2.24, 2.45) is 5.92 Å². The SMILES string of the molecule is Cc1ccc(C(=O)OC[C@H](C(=O)O)[C@H](OC(=O)c2ccc(C)cc2)C(=O)[O-])cc1. The molecule has 0 heterocycles. The Labute approximate surface area is 166 Å². The summed E-state index contributed by atoms with van der Waals surface area (Å²) in [5.74, 6) is -7.24. The van der Waals surface area contributed by atoms with Crippen LogP contribution in [0.5, 0.6) is 0 Å². The van der Waals surface area contributed by atoms with Crippen molar-refractivity contribution in [3.8, 4) is 0 Å². The van der Waals surface area contributed by atoms with E-state index in [-0.39, 0.29) is 11.1 Å². The number of carbonyl (C=O) groups is 4. The van der Waals surface area contributed by atoms with Gasteiger partial charge in [-0.1, -0.05) is 35.4 Å². The zero-order valence-electron chi connectivity index (χ0n) is 15.8. The lowest BCUT2D eigenvalue weighted by Gasteiger charge is -2.24. The van der Waals surface area contributed by atoms with Crippen molar-refractivity contribution in [2.75, 3.05) is 6.61 Å². The lowest BCUT2D eigenvalue weighted by atomic mass is 10.0. The normalized spacial score (nSPS) is 12.5. The number of aryl methyl sites for hydroxylation is 2. The molecule has 8 heteroatoms. The van der Waals surface area contributed by atoms with Crippen molar-refractivity contribution in [3.63, 3.8) is 0 Å². The fourth-order valence-electron chi connectivity index (χ4n) is 2.39. The van der Waals surface area contributed by atoms with Gasteiger partial charge in [0.1, 0.15) is 12.5 Å². The van der Waals surface area contributed by atoms with Crippen molar-refractivity contribution in [1.82, 2.24) is 0 Å². The molecule has 0 radical (unpaired) electrons. The molecular weight excluding hydrogens is 380 g/mol. The monoisotopic (exact) mass is 399 g/mol. The molecule has 0 amide bonds. The molecule has 8 nitrogen and oxygen atoms in total. The summed E-state index contributed by atoms with van der Waals surface area (Å²) in [6.07, 6.45) is -2.15. The van der Waals surface area contributed by atoms with Crippen molar-refractivity contribution in [3.05, 3.63) is 70.8 Å². The molecule has 0 aromatic heterocycles. The molecule has 0 aliphatic heterocycles. The Hall–Kier alpha value is -3.68. The van der Waals surface area contributed by atoms with Crippen LogP contribution >= 0.6 is 0 Å². The molecule has 0 saturated carbocycles. The molecule has 0 bridgehead atoms. The molecular formula is C21H19O8-. The second-order valence-electron chi connectivity index (χ2n) is 6.42. The Kier molecular flexibility index (Phi) is 7.08. The minimum absolute atomic E-state index is 0.0441. The number of ether oxygens (including phenoxy) is 2. The molecule has 2 aromatic carbocycles. The fourth-order valence-corrected chi connectivity index (χ4v) is 2.39. The second kappa shape index (κ2) is 9.50. The van der Waals surface area contributed by atoms with Gasteiger partial charge in [-0.05, 0) is 38.1 Å². The van der Waals surface area contributed by atoms with E-state index in [0.29, 0.717) is 0 Å². The maximum Gasteiger partial charge on any atom is 0.338 e. The van der Waals surface area contributed by atoms with Gasteiger partial charge in [-0.15, -0.1) is 0 Å². The van der Waals surface area contributed by atoms with Gasteiger partial charge in [-0.2, -0.15) is 0 Å². The summed E-state index contributed by atoms with van der Waals surface area (Å²) in [4.78, 5) is 47.2. The Balaban J connectivity index is 2.11. The first-order chi connectivity index (χ1) is 13.7. The van der Waals surface area contributed by atoms with Gasteiger partial charge in [-0.3, -0.25) is 4.79 Å². The van der Waals surface area contributed by atoms with Gasteiger partial charge >= 0.3 is 17.9 Å². The second-order valence-corrected chi connectivity index (χ2v) is 6.42. The third kappa shape index (κ3) is 5.90. The summed E-state index contributed by atoms with van der Waals surface area (Å²) in [5.41, 5.74) is 1.98. The molecule has 152 valence electrons. The summed E-state index contributed by atoms with van der Waals surface area (Å²) in [7, 11) is 0. The summed E-state index contributed by atoms with van der Waals surface area (Å²) in [6.45, 7) is 2.80. The van der Waals surface area contributed by atoms with E-state index in [1.165, 1.54) is 24.3 Å². The number of esters is 2. The van der Waals surface area contributed by atoms with E-state index < -0.39 is 42.5 Å². The first-order valence-corrected chi connectivity index (χ1v) is 8.64. The number of carboxylic acids is 2. The van der Waals surface area contributed by atoms with Crippen molar-refractivity contribution >= 4 is 23.9 Å². The van der Waals surface area contributed by atoms with E-state index in [2.05, 4.69) is 0 Å². The minimum atomic E-state index is -2.15. The number of hydrogen-bond acceptors (Lipinski definition) is 7. The molecule has 2 rings (SSSR count). The fraction of sp³-hybridized carbons (Fsp3) is 0.238. The highest BCUT2D eigenvalue weighted by molar-refractivity contribution is 5.92. The molecule has 0 saturated heterocycles. The highest BCUT2D eigenvalue weighted by atomic mass is 16.6. The quantitative estimate of drug-likeness (QED) is 0.654. The van der Waals surface area contributed by atoms with Crippen LogP contribution in [-0.2, 0) is 19.1 Å². The number of aliphatic carboxylic acids is 2. The molecule has 0 aliphatic rings. The number of carboxylic acid groups (broad SMARTS) is 2. The van der Waals surface area contributed by atoms with Crippen molar-refractivity contribution in [1.29, 1.82) is 0 Å². The van der Waals surface area contributed by atoms with Gasteiger partial charge in [-0.25, -0.2) is 9.59 Å². The number of rotatable bonds is 8. The Morgan fingerprint density at radius 3 is 1.72 bits per heavy atom. The van der Waals surface area contributed by atoms with Crippen LogP contribution in [0.3, 0.4) is 0 Å². The van der Waals surface area contributed by atoms with E-state index in [0.717, 1.165) is 11.1 Å². The minimum Gasteiger partial charge on any atom is -0.546 e. The molecule has 0 spiro atoms. The Bertz CT molecular complexity index is 899. The average molecular weight is 399 g/mol. The topological polar surface area (TPSA) is 130 Å². The largest absolute Gasteiger partial charge is 0.546 e. The summed E-state index contributed by atoms with van der Waals surface area (Å²) in [5, 5.41) is 20.8. The molecule has 0 fully saturated rings. The van der Waals surface area contributed by atoms with Crippen molar-refractivity contribution in [2.45, 2.75) is 20.0 Å². The lowest BCUT2D eigenvalue weighted by Crippen LogP contribution is -2.48. The molecule has 0 aliphatic carbocycles. The Morgan fingerprint density at radius 1 is 0.862 bits per heavy atom. The molecule has 1 N–H and O–H groups in total. The molecule has 29 heavy (non-hydrogen) atoms. The van der Waals surface area contributed by atoms with Crippen LogP contribution in [0, 0.1) is 19.8 Å². The van der Waals surface area contributed by atoms with Crippen LogP contribution < -0.4 is 5.11 Å². The summed E-state index contributed by atoms with van der Waals surface area (Å²) >= 11 is 0. The van der Waals surface area contributed by atoms with Gasteiger partial charge in [0.05, 0.1) is 17.1 Å². The molecule has 2 aromatic rings. The van der Waals surface area contributed by atoms with Crippen LogP contribution in [0.25, 0.3) is 0 Å². The maximum atomic E-state index is 12.2. The zero-order valence-corrected chi connectivity index (χ0v) is 15.8. The van der Waals surface area contributed by atoms with Crippen LogP contribution in [0.2, 0.25) is 0 Å². The molecule has 0 unspecified atom stereocenters. The average Bonchev–Trinajstić information content (AvgIpc) is 2.67. The van der Waals surface area contributed by atoms with Gasteiger partial charge in [0, 0.05) is 0 Å². The van der Waals surface area contributed by atoms with Crippen molar-refractivity contribution < 1.29 is 38.9 Å². The van der Waals surface area contributed by atoms with E-state index >= 15 is 0 Å². The van der Waals surface area contributed by atoms with E-state index in [9.17, 15) is 29.4 Å². The highest BCUT2D eigenvalue weighted by Gasteiger charge is 2.34.